The first kappa shape index (κ1) is 26.0. The van der Waals surface area contributed by atoms with E-state index in [0.717, 1.165) is 44.5 Å². The summed E-state index contributed by atoms with van der Waals surface area (Å²) in [6.45, 7) is 18.8. The zero-order valence-electron chi connectivity index (χ0n) is 22.1. The molecule has 1 N–H and O–H groups in total. The summed E-state index contributed by atoms with van der Waals surface area (Å²) in [6.07, 6.45) is -0.387. The number of carboxylic acid groups (broad SMARTS) is 1. The monoisotopic (exact) mass is 465 g/mol. The van der Waals surface area contributed by atoms with Gasteiger partial charge in [0.15, 0.2) is 6.10 Å². The highest BCUT2D eigenvalue weighted by molar-refractivity contribution is 5.85. The summed E-state index contributed by atoms with van der Waals surface area (Å²) in [5, 5.41) is 10.3. The number of aliphatic carboxylic acids is 1. The number of nitrogens with zero attached hydrogens (tertiary/aromatic N) is 1. The normalized spacial score (nSPS) is 15.1. The van der Waals surface area contributed by atoms with Crippen LogP contribution in [0.15, 0.2) is 24.3 Å². The molecule has 1 atom stereocenters. The molecule has 184 valence electrons. The van der Waals surface area contributed by atoms with Crippen molar-refractivity contribution in [2.45, 2.75) is 87.0 Å². The molecule has 0 aliphatic carbocycles. The molecule has 3 rings (SSSR count). The van der Waals surface area contributed by atoms with Crippen molar-refractivity contribution < 1.29 is 19.4 Å². The van der Waals surface area contributed by atoms with Gasteiger partial charge in [-0.05, 0) is 81.3 Å². The quantitative estimate of drug-likeness (QED) is 0.588. The Kier molecular flexibility index (Phi) is 7.01. The molecule has 0 radical (unpaired) electrons. The lowest BCUT2D eigenvalue weighted by Crippen LogP contribution is -2.43. The number of rotatable bonds is 4. The molecule has 0 aromatic heterocycles. The second kappa shape index (κ2) is 9.18. The molecule has 1 amide bonds. The summed E-state index contributed by atoms with van der Waals surface area (Å²) in [5.41, 5.74) is 6.90. The molecule has 1 heterocycles. The van der Waals surface area contributed by atoms with Gasteiger partial charge in [0.05, 0.1) is 5.60 Å². The van der Waals surface area contributed by atoms with Crippen LogP contribution < -0.4 is 0 Å². The van der Waals surface area contributed by atoms with Crippen LogP contribution in [0.1, 0.15) is 81.0 Å². The fourth-order valence-corrected chi connectivity index (χ4v) is 4.88. The summed E-state index contributed by atoms with van der Waals surface area (Å²) in [6, 6.07) is 8.18. The molecular formula is C29H39NO4. The van der Waals surface area contributed by atoms with Crippen LogP contribution in [0.4, 0.5) is 0 Å². The van der Waals surface area contributed by atoms with Crippen LogP contribution in [0.5, 0.6) is 0 Å². The Labute approximate surface area is 204 Å². The van der Waals surface area contributed by atoms with E-state index in [1.165, 1.54) is 0 Å². The van der Waals surface area contributed by atoms with Crippen LogP contribution in [-0.4, -0.2) is 34.0 Å². The van der Waals surface area contributed by atoms with Gasteiger partial charge in [-0.3, -0.25) is 4.79 Å². The molecule has 0 saturated heterocycles. The Bertz CT molecular complexity index is 1100. The van der Waals surface area contributed by atoms with Gasteiger partial charge in [0.1, 0.15) is 0 Å². The molecule has 1 aliphatic rings. The molecule has 0 spiro atoms. The van der Waals surface area contributed by atoms with Gasteiger partial charge in [-0.25, -0.2) is 4.79 Å². The van der Waals surface area contributed by atoms with Gasteiger partial charge in [0, 0.05) is 24.1 Å². The van der Waals surface area contributed by atoms with Crippen molar-refractivity contribution in [1.82, 2.24) is 4.90 Å². The lowest BCUT2D eigenvalue weighted by Gasteiger charge is -2.37. The predicted molar refractivity (Wildman–Crippen MR) is 136 cm³/mol. The highest BCUT2D eigenvalue weighted by atomic mass is 16.5. The number of aryl methyl sites for hydroxylation is 1. The fraction of sp³-hybridized carbons (Fsp3) is 0.517. The Hall–Kier alpha value is -2.66. The first-order chi connectivity index (χ1) is 15.6. The molecule has 2 aromatic rings. The Morgan fingerprint density at radius 3 is 2.03 bits per heavy atom. The topological polar surface area (TPSA) is 66.8 Å². The van der Waals surface area contributed by atoms with Crippen molar-refractivity contribution in [3.8, 4) is 11.1 Å². The minimum absolute atomic E-state index is 0.135. The zero-order valence-corrected chi connectivity index (χ0v) is 22.1. The predicted octanol–water partition coefficient (Wildman–Crippen LogP) is 6.15. The number of carbonyl (C=O) groups is 2. The average molecular weight is 466 g/mol. The van der Waals surface area contributed by atoms with Crippen LogP contribution in [0.2, 0.25) is 0 Å². The highest BCUT2D eigenvalue weighted by Gasteiger charge is 2.36. The molecular weight excluding hydrogens is 426 g/mol. The van der Waals surface area contributed by atoms with Gasteiger partial charge in [0.2, 0.25) is 5.91 Å². The standard InChI is InChI=1S/C29H39NO4/c1-17-10-12-20(13-11-17)23-19(3)22-16-30(27(33)28(4,5)6)15-14-21(22)18(2)24(23)25(26(31)32)34-29(7,8)9/h10-13,25H,14-16H2,1-9H3,(H,31,32)/t25-/m0/s1. The maximum atomic E-state index is 13.1. The van der Waals surface area contributed by atoms with Crippen LogP contribution in [0.25, 0.3) is 11.1 Å². The summed E-state index contributed by atoms with van der Waals surface area (Å²) >= 11 is 0. The number of carbonyl (C=O) groups excluding carboxylic acids is 1. The first-order valence-electron chi connectivity index (χ1n) is 12.0. The van der Waals surface area contributed by atoms with Crippen LogP contribution in [0.3, 0.4) is 0 Å². The molecule has 1 aliphatic heterocycles. The summed E-state index contributed by atoms with van der Waals surface area (Å²) in [7, 11) is 0. The molecule has 0 unspecified atom stereocenters. The van der Waals surface area contributed by atoms with Crippen molar-refractivity contribution in [2.24, 2.45) is 5.41 Å². The third kappa shape index (κ3) is 5.20. The van der Waals surface area contributed by atoms with E-state index in [0.29, 0.717) is 19.5 Å². The minimum atomic E-state index is -1.09. The molecule has 5 heteroatoms. The Morgan fingerprint density at radius 1 is 0.941 bits per heavy atom. The smallest absolute Gasteiger partial charge is 0.337 e. The molecule has 5 nitrogen and oxygen atoms in total. The van der Waals surface area contributed by atoms with Gasteiger partial charge in [-0.2, -0.15) is 0 Å². The highest BCUT2D eigenvalue weighted by Crippen LogP contribution is 2.43. The van der Waals surface area contributed by atoms with Gasteiger partial charge in [-0.1, -0.05) is 50.6 Å². The van der Waals surface area contributed by atoms with E-state index in [-0.39, 0.29) is 5.91 Å². The van der Waals surface area contributed by atoms with E-state index in [1.54, 1.807) is 0 Å². The summed E-state index contributed by atoms with van der Waals surface area (Å²) in [5.74, 6) is -0.860. The summed E-state index contributed by atoms with van der Waals surface area (Å²) < 4.78 is 6.14. The van der Waals surface area contributed by atoms with Crippen molar-refractivity contribution in [1.29, 1.82) is 0 Å². The minimum Gasteiger partial charge on any atom is -0.479 e. The number of benzene rings is 2. The maximum Gasteiger partial charge on any atom is 0.337 e. The van der Waals surface area contributed by atoms with Crippen molar-refractivity contribution in [3.63, 3.8) is 0 Å². The molecule has 0 saturated carbocycles. The van der Waals surface area contributed by atoms with Gasteiger partial charge < -0.3 is 14.7 Å². The second-order valence-electron chi connectivity index (χ2n) is 11.5. The number of hydrogen-bond acceptors (Lipinski definition) is 3. The average Bonchev–Trinajstić information content (AvgIpc) is 2.73. The van der Waals surface area contributed by atoms with Crippen LogP contribution >= 0.6 is 0 Å². The molecule has 0 bridgehead atoms. The summed E-state index contributed by atoms with van der Waals surface area (Å²) in [4.78, 5) is 27.5. The van der Waals surface area contributed by atoms with E-state index < -0.39 is 23.1 Å². The Balaban J connectivity index is 2.29. The Morgan fingerprint density at radius 2 is 1.53 bits per heavy atom. The van der Waals surface area contributed by atoms with Crippen LogP contribution in [-0.2, 0) is 27.3 Å². The van der Waals surface area contributed by atoms with E-state index in [1.807, 2.05) is 84.6 Å². The number of hydrogen-bond donors (Lipinski definition) is 1. The molecule has 2 aromatic carbocycles. The van der Waals surface area contributed by atoms with E-state index >= 15 is 0 Å². The van der Waals surface area contributed by atoms with Crippen molar-refractivity contribution in [2.75, 3.05) is 6.54 Å². The third-order valence-electron chi connectivity index (χ3n) is 6.53. The maximum absolute atomic E-state index is 13.1. The molecule has 0 fully saturated rings. The lowest BCUT2D eigenvalue weighted by atomic mass is 9.79. The van der Waals surface area contributed by atoms with Crippen LogP contribution in [0, 0.1) is 26.2 Å². The fourth-order valence-electron chi connectivity index (χ4n) is 4.88. The van der Waals surface area contributed by atoms with Gasteiger partial charge in [0.25, 0.3) is 0 Å². The first-order valence-corrected chi connectivity index (χ1v) is 12.0. The van der Waals surface area contributed by atoms with E-state index in [4.69, 9.17) is 4.74 Å². The van der Waals surface area contributed by atoms with Gasteiger partial charge in [-0.15, -0.1) is 0 Å². The lowest BCUT2D eigenvalue weighted by molar-refractivity contribution is -0.160. The number of carboxylic acids is 1. The van der Waals surface area contributed by atoms with Gasteiger partial charge >= 0.3 is 5.97 Å². The van der Waals surface area contributed by atoms with Crippen molar-refractivity contribution >= 4 is 11.9 Å². The van der Waals surface area contributed by atoms with E-state index in [2.05, 4.69) is 6.92 Å². The third-order valence-corrected chi connectivity index (χ3v) is 6.53. The second-order valence-corrected chi connectivity index (χ2v) is 11.5. The SMILES string of the molecule is Cc1ccc(-c2c(C)c3c(c(C)c2[C@H](OC(C)(C)C)C(=O)O)CCN(C(=O)C(C)(C)C)C3)cc1. The number of ether oxygens (including phenoxy) is 1. The zero-order chi connectivity index (χ0) is 25.6. The molecule has 34 heavy (non-hydrogen) atoms. The number of fused-ring (bicyclic) bond motifs is 1. The van der Waals surface area contributed by atoms with E-state index in [9.17, 15) is 14.7 Å². The van der Waals surface area contributed by atoms with Crippen molar-refractivity contribution in [3.05, 3.63) is 57.6 Å². The largest absolute Gasteiger partial charge is 0.479 e. The number of amides is 1.